The Balaban J connectivity index is 1.69. The lowest BCUT2D eigenvalue weighted by atomic mass is 10.0. The molecule has 1 amide bonds. The molecule has 2 fully saturated rings. The van der Waals surface area contributed by atoms with Crippen molar-refractivity contribution in [3.63, 3.8) is 0 Å². The van der Waals surface area contributed by atoms with Crippen LogP contribution in [0, 0.1) is 11.7 Å². The van der Waals surface area contributed by atoms with Crippen LogP contribution in [0.3, 0.4) is 0 Å². The molecule has 1 N–H and O–H groups in total. The molecular formula is C17H24FN3O. The van der Waals surface area contributed by atoms with E-state index in [0.717, 1.165) is 44.6 Å². The minimum absolute atomic E-state index is 0.122. The second-order valence-electron chi connectivity index (χ2n) is 6.43. The van der Waals surface area contributed by atoms with Crippen LogP contribution in [0.25, 0.3) is 0 Å². The van der Waals surface area contributed by atoms with Crippen molar-refractivity contribution in [2.75, 3.05) is 39.8 Å². The molecule has 1 atom stereocenters. The minimum Gasteiger partial charge on any atom is -0.354 e. The predicted molar refractivity (Wildman–Crippen MR) is 83.9 cm³/mol. The molecule has 1 aromatic rings. The summed E-state index contributed by atoms with van der Waals surface area (Å²) in [6.45, 7) is 4.59. The molecule has 3 rings (SSSR count). The lowest BCUT2D eigenvalue weighted by Crippen LogP contribution is -2.48. The van der Waals surface area contributed by atoms with Gasteiger partial charge in [-0.1, -0.05) is 12.1 Å². The number of carbonyl (C=O) groups excluding carboxylic acids is 1. The van der Waals surface area contributed by atoms with Gasteiger partial charge in [-0.15, -0.1) is 0 Å². The summed E-state index contributed by atoms with van der Waals surface area (Å²) in [5.74, 6) is 0.172. The first-order valence-electron chi connectivity index (χ1n) is 8.09. The highest BCUT2D eigenvalue weighted by atomic mass is 19.1. The molecule has 2 aliphatic rings. The van der Waals surface area contributed by atoms with Crippen LogP contribution in [0.15, 0.2) is 24.3 Å². The summed E-state index contributed by atoms with van der Waals surface area (Å²) in [5, 5.41) is 3.08. The molecule has 1 aromatic carbocycles. The van der Waals surface area contributed by atoms with Crippen molar-refractivity contribution < 1.29 is 9.18 Å². The van der Waals surface area contributed by atoms with Crippen molar-refractivity contribution in [2.24, 2.45) is 5.92 Å². The number of rotatable bonds is 5. The molecule has 120 valence electrons. The van der Waals surface area contributed by atoms with Crippen molar-refractivity contribution in [1.29, 1.82) is 0 Å². The number of halogens is 1. The zero-order chi connectivity index (χ0) is 15.5. The fraction of sp³-hybridized carbons (Fsp3) is 0.588. The first-order chi connectivity index (χ1) is 10.6. The molecule has 0 aromatic heterocycles. The first-order valence-corrected chi connectivity index (χ1v) is 8.09. The smallest absolute Gasteiger partial charge is 0.223 e. The number of hydrogen-bond donors (Lipinski definition) is 1. The molecule has 1 aliphatic heterocycles. The molecule has 0 radical (unpaired) electrons. The van der Waals surface area contributed by atoms with Gasteiger partial charge in [0.15, 0.2) is 0 Å². The van der Waals surface area contributed by atoms with E-state index in [2.05, 4.69) is 22.2 Å². The van der Waals surface area contributed by atoms with Gasteiger partial charge in [0, 0.05) is 38.6 Å². The van der Waals surface area contributed by atoms with Gasteiger partial charge in [-0.05, 0) is 37.6 Å². The summed E-state index contributed by atoms with van der Waals surface area (Å²) in [6, 6.07) is 6.79. The molecule has 1 unspecified atom stereocenters. The molecule has 5 heteroatoms. The summed E-state index contributed by atoms with van der Waals surface area (Å²) < 4.78 is 13.2. The maximum Gasteiger partial charge on any atom is 0.223 e. The highest BCUT2D eigenvalue weighted by Gasteiger charge is 2.31. The highest BCUT2D eigenvalue weighted by Crippen LogP contribution is 2.29. The van der Waals surface area contributed by atoms with Crippen LogP contribution in [-0.2, 0) is 4.79 Å². The van der Waals surface area contributed by atoms with Crippen LogP contribution in [0.2, 0.25) is 0 Å². The van der Waals surface area contributed by atoms with E-state index in [4.69, 9.17) is 0 Å². The van der Waals surface area contributed by atoms with Gasteiger partial charge in [-0.3, -0.25) is 9.69 Å². The van der Waals surface area contributed by atoms with E-state index in [9.17, 15) is 9.18 Å². The van der Waals surface area contributed by atoms with E-state index >= 15 is 0 Å². The van der Waals surface area contributed by atoms with Gasteiger partial charge in [-0.25, -0.2) is 4.39 Å². The van der Waals surface area contributed by atoms with Gasteiger partial charge >= 0.3 is 0 Å². The largest absolute Gasteiger partial charge is 0.354 e. The number of nitrogens with one attached hydrogen (secondary N) is 1. The molecule has 22 heavy (non-hydrogen) atoms. The summed E-state index contributed by atoms with van der Waals surface area (Å²) in [4.78, 5) is 16.6. The molecule has 1 saturated heterocycles. The molecule has 1 aliphatic carbocycles. The number of likely N-dealkylation sites (N-methyl/N-ethyl adjacent to an activating group) is 1. The Hall–Kier alpha value is -1.46. The quantitative estimate of drug-likeness (QED) is 0.898. The van der Waals surface area contributed by atoms with Crippen molar-refractivity contribution in [2.45, 2.75) is 18.9 Å². The van der Waals surface area contributed by atoms with E-state index in [-0.39, 0.29) is 23.7 Å². The van der Waals surface area contributed by atoms with Gasteiger partial charge in [0.1, 0.15) is 5.82 Å². The fourth-order valence-electron chi connectivity index (χ4n) is 2.96. The Morgan fingerprint density at radius 1 is 1.23 bits per heavy atom. The van der Waals surface area contributed by atoms with Crippen molar-refractivity contribution in [1.82, 2.24) is 15.1 Å². The Morgan fingerprint density at radius 2 is 1.86 bits per heavy atom. The number of piperazine rings is 1. The van der Waals surface area contributed by atoms with Crippen LogP contribution < -0.4 is 5.32 Å². The Labute approximate surface area is 131 Å². The number of nitrogens with zero attached hydrogens (tertiary/aromatic N) is 2. The standard InChI is InChI=1S/C17H24FN3O/c1-20-8-10-21(11-9-20)16(12-19-17(22)14-2-3-14)13-4-6-15(18)7-5-13/h4-7,14,16H,2-3,8-12H2,1H3,(H,19,22). The van der Waals surface area contributed by atoms with Crippen molar-refractivity contribution in [3.8, 4) is 0 Å². The molecule has 1 saturated carbocycles. The van der Waals surface area contributed by atoms with Crippen molar-refractivity contribution >= 4 is 5.91 Å². The van der Waals surface area contributed by atoms with E-state index in [1.165, 1.54) is 12.1 Å². The first kappa shape index (κ1) is 15.4. The van der Waals surface area contributed by atoms with Gasteiger partial charge in [0.2, 0.25) is 5.91 Å². The minimum atomic E-state index is -0.220. The van der Waals surface area contributed by atoms with Crippen LogP contribution >= 0.6 is 0 Å². The second-order valence-corrected chi connectivity index (χ2v) is 6.43. The van der Waals surface area contributed by atoms with E-state index < -0.39 is 0 Å². The lowest BCUT2D eigenvalue weighted by molar-refractivity contribution is -0.122. The third-order valence-corrected chi connectivity index (χ3v) is 4.65. The second kappa shape index (κ2) is 6.75. The normalized spacial score (nSPS) is 21.5. The van der Waals surface area contributed by atoms with Gasteiger partial charge in [0.05, 0.1) is 6.04 Å². The summed E-state index contributed by atoms with van der Waals surface area (Å²) >= 11 is 0. The summed E-state index contributed by atoms with van der Waals surface area (Å²) in [7, 11) is 2.12. The van der Waals surface area contributed by atoms with Gasteiger partial charge in [-0.2, -0.15) is 0 Å². The van der Waals surface area contributed by atoms with Crippen LogP contribution in [0.1, 0.15) is 24.4 Å². The third-order valence-electron chi connectivity index (χ3n) is 4.65. The zero-order valence-electron chi connectivity index (χ0n) is 13.1. The third kappa shape index (κ3) is 3.84. The van der Waals surface area contributed by atoms with E-state index in [1.807, 2.05) is 12.1 Å². The lowest BCUT2D eigenvalue weighted by Gasteiger charge is -2.38. The Morgan fingerprint density at radius 3 is 2.45 bits per heavy atom. The van der Waals surface area contributed by atoms with Gasteiger partial charge in [0.25, 0.3) is 0 Å². The SMILES string of the molecule is CN1CCN(C(CNC(=O)C2CC2)c2ccc(F)cc2)CC1. The van der Waals surface area contributed by atoms with Crippen molar-refractivity contribution in [3.05, 3.63) is 35.6 Å². The number of hydrogen-bond acceptors (Lipinski definition) is 3. The molecule has 0 bridgehead atoms. The molecule has 1 heterocycles. The maximum atomic E-state index is 13.2. The van der Waals surface area contributed by atoms with E-state index in [0.29, 0.717) is 6.54 Å². The zero-order valence-corrected chi connectivity index (χ0v) is 13.1. The topological polar surface area (TPSA) is 35.6 Å². The number of carbonyl (C=O) groups is 1. The predicted octanol–water partition coefficient (Wildman–Crippen LogP) is 1.64. The summed E-state index contributed by atoms with van der Waals surface area (Å²) in [5.41, 5.74) is 1.07. The van der Waals surface area contributed by atoms with Crippen LogP contribution in [0.4, 0.5) is 4.39 Å². The number of amides is 1. The molecule has 0 spiro atoms. The van der Waals surface area contributed by atoms with Crippen LogP contribution in [-0.4, -0.2) is 55.5 Å². The maximum absolute atomic E-state index is 13.2. The summed E-state index contributed by atoms with van der Waals surface area (Å²) in [6.07, 6.45) is 2.03. The number of benzene rings is 1. The fourth-order valence-corrected chi connectivity index (χ4v) is 2.96. The molecular weight excluding hydrogens is 281 g/mol. The van der Waals surface area contributed by atoms with Gasteiger partial charge < -0.3 is 10.2 Å². The highest BCUT2D eigenvalue weighted by molar-refractivity contribution is 5.80. The Bertz CT molecular complexity index is 507. The monoisotopic (exact) mass is 305 g/mol. The molecule has 4 nitrogen and oxygen atoms in total. The Kier molecular flexibility index (Phi) is 4.74. The van der Waals surface area contributed by atoms with Crippen LogP contribution in [0.5, 0.6) is 0 Å². The average Bonchev–Trinajstić information content (AvgIpc) is 3.35. The van der Waals surface area contributed by atoms with E-state index in [1.54, 1.807) is 0 Å². The average molecular weight is 305 g/mol.